The molecule has 0 saturated carbocycles. The lowest BCUT2D eigenvalue weighted by molar-refractivity contribution is -0.137. The first kappa shape index (κ1) is 24.6. The molecule has 3 aromatic carbocycles. The third-order valence-corrected chi connectivity index (χ3v) is 5.49. The number of alkyl halides is 3. The number of carbonyl (C=O) groups excluding carboxylic acids is 2. The maximum absolute atomic E-state index is 12.9. The number of para-hydroxylation sites is 1. The summed E-state index contributed by atoms with van der Waals surface area (Å²) in [5.41, 5.74) is 0.845. The van der Waals surface area contributed by atoms with Crippen LogP contribution in [-0.2, 0) is 17.5 Å². The van der Waals surface area contributed by atoms with Gasteiger partial charge in [0.15, 0.2) is 0 Å². The first-order valence-corrected chi connectivity index (χ1v) is 10.9. The summed E-state index contributed by atoms with van der Waals surface area (Å²) in [4.78, 5) is 42.0. The fourth-order valence-corrected chi connectivity index (χ4v) is 3.66. The molecule has 7 nitrogen and oxygen atoms in total. The second-order valence-corrected chi connectivity index (χ2v) is 8.13. The molecule has 2 N–H and O–H groups in total. The summed E-state index contributed by atoms with van der Waals surface area (Å²) in [5.74, 6) is -1.02. The summed E-state index contributed by atoms with van der Waals surface area (Å²) in [6.45, 7) is 1.97. The van der Waals surface area contributed by atoms with Crippen LogP contribution >= 0.6 is 0 Å². The van der Waals surface area contributed by atoms with Gasteiger partial charge in [0, 0.05) is 29.9 Å². The highest BCUT2D eigenvalue weighted by Gasteiger charge is 2.30. The van der Waals surface area contributed by atoms with Crippen LogP contribution < -0.4 is 16.2 Å². The van der Waals surface area contributed by atoms with Crippen LogP contribution in [0.25, 0.3) is 10.9 Å². The van der Waals surface area contributed by atoms with Crippen molar-refractivity contribution in [1.29, 1.82) is 0 Å². The highest BCUT2D eigenvalue weighted by molar-refractivity contribution is 6.05. The second kappa shape index (κ2) is 10.0. The largest absolute Gasteiger partial charge is 0.416 e. The minimum Gasteiger partial charge on any atom is -0.326 e. The quantitative estimate of drug-likeness (QED) is 0.394. The van der Waals surface area contributed by atoms with Gasteiger partial charge in [-0.25, -0.2) is 4.98 Å². The van der Waals surface area contributed by atoms with Crippen molar-refractivity contribution < 1.29 is 22.8 Å². The number of halogens is 3. The molecule has 0 unspecified atom stereocenters. The average Bonchev–Trinajstić information content (AvgIpc) is 2.84. The van der Waals surface area contributed by atoms with Crippen LogP contribution in [0.15, 0.2) is 77.9 Å². The first-order chi connectivity index (χ1) is 17.1. The molecule has 1 aromatic heterocycles. The molecule has 0 aliphatic carbocycles. The zero-order chi connectivity index (χ0) is 25.9. The summed E-state index contributed by atoms with van der Waals surface area (Å²) in [6, 6.07) is 15.6. The Bertz CT molecular complexity index is 1510. The number of fused-ring (bicyclic) bond motifs is 1. The molecule has 1 heterocycles. The van der Waals surface area contributed by atoms with Gasteiger partial charge >= 0.3 is 6.18 Å². The number of aryl methyl sites for hydroxylation is 2. The van der Waals surface area contributed by atoms with Gasteiger partial charge < -0.3 is 10.6 Å². The lowest BCUT2D eigenvalue weighted by Gasteiger charge is -2.11. The van der Waals surface area contributed by atoms with E-state index in [2.05, 4.69) is 15.6 Å². The van der Waals surface area contributed by atoms with Crippen molar-refractivity contribution in [3.63, 3.8) is 0 Å². The van der Waals surface area contributed by atoms with Gasteiger partial charge in [-0.15, -0.1) is 0 Å². The summed E-state index contributed by atoms with van der Waals surface area (Å²) < 4.78 is 40.1. The molecule has 36 heavy (non-hydrogen) atoms. The second-order valence-electron chi connectivity index (χ2n) is 8.13. The highest BCUT2D eigenvalue weighted by Crippen LogP contribution is 2.30. The number of nitrogens with one attached hydrogen (secondary N) is 2. The van der Waals surface area contributed by atoms with Gasteiger partial charge in [0.05, 0.1) is 22.8 Å². The summed E-state index contributed by atoms with van der Waals surface area (Å²) in [7, 11) is 0. The summed E-state index contributed by atoms with van der Waals surface area (Å²) >= 11 is 0. The fraction of sp³-hybridized carbons (Fsp3) is 0.154. The molecule has 0 fully saturated rings. The van der Waals surface area contributed by atoms with Gasteiger partial charge in [-0.1, -0.05) is 24.3 Å². The van der Waals surface area contributed by atoms with E-state index in [0.29, 0.717) is 16.6 Å². The summed E-state index contributed by atoms with van der Waals surface area (Å²) in [5, 5.41) is 5.56. The predicted molar refractivity (Wildman–Crippen MR) is 130 cm³/mol. The first-order valence-electron chi connectivity index (χ1n) is 10.9. The number of carbonyl (C=O) groups is 2. The Kier molecular flexibility index (Phi) is 6.86. The zero-order valence-corrected chi connectivity index (χ0v) is 19.1. The van der Waals surface area contributed by atoms with Crippen LogP contribution in [0.1, 0.15) is 27.9 Å². The number of benzene rings is 3. The van der Waals surface area contributed by atoms with E-state index >= 15 is 0 Å². The van der Waals surface area contributed by atoms with Crippen molar-refractivity contribution in [2.75, 3.05) is 10.6 Å². The topological polar surface area (TPSA) is 93.1 Å². The van der Waals surface area contributed by atoms with Gasteiger partial charge in [0.25, 0.3) is 11.5 Å². The molecule has 0 radical (unpaired) electrons. The van der Waals surface area contributed by atoms with Crippen LogP contribution in [0.4, 0.5) is 24.5 Å². The Hall–Kier alpha value is -4.47. The molecule has 10 heteroatoms. The third kappa shape index (κ3) is 5.60. The number of aromatic nitrogens is 2. The number of hydrogen-bond acceptors (Lipinski definition) is 4. The Balaban J connectivity index is 1.40. The van der Waals surface area contributed by atoms with Crippen LogP contribution in [-0.4, -0.2) is 21.4 Å². The minimum absolute atomic E-state index is 0.00565. The molecule has 0 bridgehead atoms. The number of hydrogen-bond donors (Lipinski definition) is 2. The van der Waals surface area contributed by atoms with Gasteiger partial charge in [-0.05, 0) is 55.0 Å². The standard InChI is InChI=1S/C26H21F3N4O3/c1-16-5-2-10-21-23(16)30-15-33(25(21)36)12-11-22(34)31-19-8-3-6-17(13-19)24(35)32-20-9-4-7-18(14-20)26(27,28)29/h2-10,13-15H,11-12H2,1H3,(H,31,34)(H,32,35). The normalized spacial score (nSPS) is 11.3. The maximum Gasteiger partial charge on any atom is 0.416 e. The van der Waals surface area contributed by atoms with E-state index in [4.69, 9.17) is 0 Å². The number of anilines is 2. The van der Waals surface area contributed by atoms with E-state index in [1.165, 1.54) is 41.2 Å². The Morgan fingerprint density at radius 2 is 1.64 bits per heavy atom. The van der Waals surface area contributed by atoms with E-state index in [1.54, 1.807) is 18.2 Å². The molecule has 0 aliphatic heterocycles. The highest BCUT2D eigenvalue weighted by atomic mass is 19.4. The molecule has 0 saturated heterocycles. The Morgan fingerprint density at radius 3 is 2.39 bits per heavy atom. The van der Waals surface area contributed by atoms with E-state index < -0.39 is 17.6 Å². The Morgan fingerprint density at radius 1 is 0.944 bits per heavy atom. The smallest absolute Gasteiger partial charge is 0.326 e. The van der Waals surface area contributed by atoms with Crippen molar-refractivity contribution in [2.45, 2.75) is 26.1 Å². The van der Waals surface area contributed by atoms with Crippen LogP contribution in [0.3, 0.4) is 0 Å². The molecule has 2 amide bonds. The van der Waals surface area contributed by atoms with Crippen LogP contribution in [0, 0.1) is 6.92 Å². The average molecular weight is 494 g/mol. The molecular weight excluding hydrogens is 473 g/mol. The zero-order valence-electron chi connectivity index (χ0n) is 19.1. The van der Waals surface area contributed by atoms with Crippen molar-refractivity contribution in [1.82, 2.24) is 9.55 Å². The van der Waals surface area contributed by atoms with Crippen molar-refractivity contribution in [3.05, 3.63) is 100 Å². The predicted octanol–water partition coefficient (Wildman–Crippen LogP) is 5.00. The lowest BCUT2D eigenvalue weighted by Crippen LogP contribution is -2.24. The van der Waals surface area contributed by atoms with Crippen molar-refractivity contribution in [3.8, 4) is 0 Å². The third-order valence-electron chi connectivity index (χ3n) is 5.49. The molecule has 184 valence electrons. The SMILES string of the molecule is Cc1cccc2c(=O)n(CCC(=O)Nc3cccc(C(=O)Nc4cccc(C(F)(F)F)c4)c3)cnc12. The molecule has 4 rings (SSSR count). The van der Waals surface area contributed by atoms with Gasteiger partial charge in [0.2, 0.25) is 5.91 Å². The molecule has 4 aromatic rings. The molecular formula is C26H21F3N4O3. The maximum atomic E-state index is 12.9. The van der Waals surface area contributed by atoms with E-state index in [-0.39, 0.29) is 35.7 Å². The van der Waals surface area contributed by atoms with Crippen LogP contribution in [0.2, 0.25) is 0 Å². The number of nitrogens with zero attached hydrogens (tertiary/aromatic N) is 2. The van der Waals surface area contributed by atoms with Gasteiger partial charge in [0.1, 0.15) is 0 Å². The van der Waals surface area contributed by atoms with Crippen LogP contribution in [0.5, 0.6) is 0 Å². The van der Waals surface area contributed by atoms with E-state index in [9.17, 15) is 27.6 Å². The fourth-order valence-electron chi connectivity index (χ4n) is 3.66. The van der Waals surface area contributed by atoms with Gasteiger partial charge in [-0.3, -0.25) is 19.0 Å². The molecule has 0 atom stereocenters. The minimum atomic E-state index is -4.53. The molecule has 0 spiro atoms. The summed E-state index contributed by atoms with van der Waals surface area (Å²) in [6.07, 6.45) is -3.14. The van der Waals surface area contributed by atoms with E-state index in [0.717, 1.165) is 17.7 Å². The van der Waals surface area contributed by atoms with Gasteiger partial charge in [-0.2, -0.15) is 13.2 Å². The van der Waals surface area contributed by atoms with E-state index in [1.807, 2.05) is 13.0 Å². The van der Waals surface area contributed by atoms with Crippen molar-refractivity contribution >= 4 is 34.1 Å². The monoisotopic (exact) mass is 494 g/mol. The lowest BCUT2D eigenvalue weighted by atomic mass is 10.1. The molecule has 0 aliphatic rings. The number of amides is 2. The van der Waals surface area contributed by atoms with Crippen molar-refractivity contribution in [2.24, 2.45) is 0 Å². The number of rotatable bonds is 6. The Labute approximate surface area is 203 Å².